The van der Waals surface area contributed by atoms with Crippen molar-refractivity contribution >= 4 is 11.8 Å². The quantitative estimate of drug-likeness (QED) is 0.615. The molecule has 0 amide bonds. The van der Waals surface area contributed by atoms with Crippen molar-refractivity contribution in [2.75, 3.05) is 5.73 Å². The summed E-state index contributed by atoms with van der Waals surface area (Å²) >= 11 is 0. The minimum Gasteiger partial charge on any atom is -0.477 e. The maximum absolute atomic E-state index is 12.0. The second kappa shape index (κ2) is 2.64. The van der Waals surface area contributed by atoms with Crippen molar-refractivity contribution in [3.63, 3.8) is 0 Å². The van der Waals surface area contributed by atoms with Crippen LogP contribution in [0.3, 0.4) is 0 Å². The first-order valence-corrected chi connectivity index (χ1v) is 2.98. The predicted octanol–water partition coefficient (Wildman–Crippen LogP) is 0.709. The van der Waals surface area contributed by atoms with Gasteiger partial charge in [-0.05, 0) is 0 Å². The first-order chi connectivity index (χ1) is 5.84. The Morgan fingerprint density at radius 3 is 2.38 bits per heavy atom. The first-order valence-electron chi connectivity index (χ1n) is 2.98. The number of nitrogens with two attached hydrogens (primary N) is 1. The van der Waals surface area contributed by atoms with Gasteiger partial charge >= 0.3 is 12.1 Å². The van der Waals surface area contributed by atoms with E-state index in [-0.39, 0.29) is 0 Å². The highest BCUT2D eigenvalue weighted by atomic mass is 19.4. The molecule has 0 aliphatic carbocycles. The number of nitrogens with zero attached hydrogens (tertiary/aromatic N) is 1. The van der Waals surface area contributed by atoms with Crippen molar-refractivity contribution in [1.29, 1.82) is 0 Å². The number of nitrogen functional groups attached to an aromatic ring is 1. The highest BCUT2D eigenvalue weighted by Gasteiger charge is 2.40. The molecule has 0 radical (unpaired) electrons. The number of alkyl halides is 3. The lowest BCUT2D eigenvalue weighted by Crippen LogP contribution is -2.12. The van der Waals surface area contributed by atoms with Gasteiger partial charge in [0.05, 0.1) is 0 Å². The Labute approximate surface area is 69.4 Å². The van der Waals surface area contributed by atoms with Crippen LogP contribution in [0.2, 0.25) is 0 Å². The summed E-state index contributed by atoms with van der Waals surface area (Å²) in [7, 11) is 0. The van der Waals surface area contributed by atoms with Crippen LogP contribution < -0.4 is 5.73 Å². The van der Waals surface area contributed by atoms with Crippen molar-refractivity contribution in [3.05, 3.63) is 11.3 Å². The van der Waals surface area contributed by atoms with Crippen LogP contribution in [0.5, 0.6) is 0 Å². The van der Waals surface area contributed by atoms with Gasteiger partial charge in [0.15, 0.2) is 5.69 Å². The van der Waals surface area contributed by atoms with Gasteiger partial charge in [-0.3, -0.25) is 5.10 Å². The Morgan fingerprint density at radius 1 is 1.54 bits per heavy atom. The molecule has 1 rings (SSSR count). The van der Waals surface area contributed by atoms with Crippen molar-refractivity contribution in [1.82, 2.24) is 10.2 Å². The van der Waals surface area contributed by atoms with E-state index in [1.807, 2.05) is 0 Å². The topological polar surface area (TPSA) is 92.0 Å². The molecule has 13 heavy (non-hydrogen) atoms. The predicted molar refractivity (Wildman–Crippen MR) is 35.0 cm³/mol. The van der Waals surface area contributed by atoms with Crippen LogP contribution in [-0.4, -0.2) is 21.3 Å². The molecule has 0 bridgehead atoms. The van der Waals surface area contributed by atoms with Crippen molar-refractivity contribution in [3.8, 4) is 0 Å². The molecule has 4 N–H and O–H groups in total. The summed E-state index contributed by atoms with van der Waals surface area (Å²) in [5.41, 5.74) is 2.38. The lowest BCUT2D eigenvalue weighted by molar-refractivity contribution is -0.141. The van der Waals surface area contributed by atoms with Gasteiger partial charge in [0, 0.05) is 0 Å². The zero-order valence-electron chi connectivity index (χ0n) is 6.01. The Balaban J connectivity index is 3.31. The minimum atomic E-state index is -4.82. The molecule has 72 valence electrons. The van der Waals surface area contributed by atoms with Gasteiger partial charge in [0.1, 0.15) is 11.4 Å². The van der Waals surface area contributed by atoms with Crippen LogP contribution in [0, 0.1) is 0 Å². The number of aromatic carboxylic acids is 1. The molecule has 0 aliphatic heterocycles. The van der Waals surface area contributed by atoms with E-state index >= 15 is 0 Å². The molecule has 0 fully saturated rings. The number of nitrogens with one attached hydrogen (secondary N) is 1. The summed E-state index contributed by atoms with van der Waals surface area (Å²) in [6.45, 7) is 0. The summed E-state index contributed by atoms with van der Waals surface area (Å²) in [5.74, 6) is -2.38. The largest absolute Gasteiger partial charge is 0.477 e. The number of anilines is 1. The molecule has 0 aromatic carbocycles. The lowest BCUT2D eigenvalue weighted by atomic mass is 10.2. The zero-order chi connectivity index (χ0) is 10.2. The molecule has 8 heteroatoms. The lowest BCUT2D eigenvalue weighted by Gasteiger charge is -2.02. The average Bonchev–Trinajstić information content (AvgIpc) is 2.28. The third-order valence-electron chi connectivity index (χ3n) is 1.28. The standard InChI is InChI=1S/C5H4F3N3O2/c6-5(7,8)2-1(4(12)13)3(9)11-10-2/h(H,12,13)(H3,9,10,11). The number of hydrogen-bond acceptors (Lipinski definition) is 3. The molecule has 1 aromatic heterocycles. The average molecular weight is 195 g/mol. The van der Waals surface area contributed by atoms with Gasteiger partial charge in [-0.2, -0.15) is 18.3 Å². The molecule has 1 heterocycles. The smallest absolute Gasteiger partial charge is 0.436 e. The molecular weight excluding hydrogens is 191 g/mol. The van der Waals surface area contributed by atoms with E-state index in [9.17, 15) is 18.0 Å². The Morgan fingerprint density at radius 2 is 2.08 bits per heavy atom. The summed E-state index contributed by atoms with van der Waals surface area (Å²) in [6, 6.07) is 0. The number of carboxylic acids is 1. The molecule has 0 saturated carbocycles. The van der Waals surface area contributed by atoms with Crippen LogP contribution >= 0.6 is 0 Å². The third-order valence-corrected chi connectivity index (χ3v) is 1.28. The van der Waals surface area contributed by atoms with Crippen molar-refractivity contribution in [2.45, 2.75) is 6.18 Å². The number of hydrogen-bond donors (Lipinski definition) is 3. The summed E-state index contributed by atoms with van der Waals surface area (Å²) < 4.78 is 36.1. The molecule has 0 atom stereocenters. The first kappa shape index (κ1) is 9.36. The van der Waals surface area contributed by atoms with E-state index in [1.165, 1.54) is 0 Å². The summed E-state index contributed by atoms with van der Waals surface area (Å²) in [4.78, 5) is 10.3. The number of aromatic nitrogens is 2. The maximum atomic E-state index is 12.0. The molecule has 0 spiro atoms. The highest BCUT2D eigenvalue weighted by Crippen LogP contribution is 2.32. The fourth-order valence-corrected chi connectivity index (χ4v) is 0.777. The van der Waals surface area contributed by atoms with Gasteiger partial charge in [0.2, 0.25) is 0 Å². The highest BCUT2D eigenvalue weighted by molar-refractivity contribution is 5.94. The Bertz CT molecular complexity index is 343. The molecule has 5 nitrogen and oxygen atoms in total. The van der Waals surface area contributed by atoms with Crippen LogP contribution in [0.4, 0.5) is 19.0 Å². The molecule has 0 saturated heterocycles. The number of rotatable bonds is 1. The normalized spacial score (nSPS) is 11.6. The van der Waals surface area contributed by atoms with Crippen LogP contribution in [-0.2, 0) is 6.18 Å². The number of H-pyrrole nitrogens is 1. The van der Waals surface area contributed by atoms with Crippen LogP contribution in [0.1, 0.15) is 16.1 Å². The summed E-state index contributed by atoms with van der Waals surface area (Å²) in [5, 5.41) is 12.9. The van der Waals surface area contributed by atoms with Gasteiger partial charge in [0.25, 0.3) is 0 Å². The monoisotopic (exact) mass is 195 g/mol. The number of halogens is 3. The number of carboxylic acid groups (broad SMARTS) is 1. The van der Waals surface area contributed by atoms with Crippen LogP contribution in [0.25, 0.3) is 0 Å². The number of carbonyl (C=O) groups is 1. The van der Waals surface area contributed by atoms with Gasteiger partial charge in [-0.25, -0.2) is 4.79 Å². The van der Waals surface area contributed by atoms with E-state index in [2.05, 4.69) is 5.10 Å². The minimum absolute atomic E-state index is 0.611. The maximum Gasteiger partial charge on any atom is 0.436 e. The third kappa shape index (κ3) is 1.55. The fourth-order valence-electron chi connectivity index (χ4n) is 0.777. The van der Waals surface area contributed by atoms with E-state index in [4.69, 9.17) is 10.8 Å². The van der Waals surface area contributed by atoms with E-state index < -0.39 is 29.2 Å². The van der Waals surface area contributed by atoms with Gasteiger partial charge in [-0.1, -0.05) is 0 Å². The SMILES string of the molecule is Nc1[nH]nc(C(F)(F)F)c1C(=O)O. The van der Waals surface area contributed by atoms with E-state index in [0.717, 1.165) is 0 Å². The Hall–Kier alpha value is -1.73. The van der Waals surface area contributed by atoms with Gasteiger partial charge < -0.3 is 10.8 Å². The van der Waals surface area contributed by atoms with Crippen molar-refractivity contribution < 1.29 is 23.1 Å². The zero-order valence-corrected chi connectivity index (χ0v) is 6.01. The van der Waals surface area contributed by atoms with Crippen LogP contribution in [0.15, 0.2) is 0 Å². The van der Waals surface area contributed by atoms with E-state index in [0.29, 0.717) is 0 Å². The second-order valence-electron chi connectivity index (χ2n) is 2.16. The fraction of sp³-hybridized carbons (Fsp3) is 0.200. The molecule has 1 aromatic rings. The Kier molecular flexibility index (Phi) is 1.90. The summed E-state index contributed by atoms with van der Waals surface area (Å²) in [6.07, 6.45) is -4.82. The molecule has 0 aliphatic rings. The van der Waals surface area contributed by atoms with Crippen molar-refractivity contribution in [2.24, 2.45) is 0 Å². The molecular formula is C5H4F3N3O2. The second-order valence-corrected chi connectivity index (χ2v) is 2.16. The molecule has 0 unspecified atom stereocenters. The number of aromatic amines is 1. The van der Waals surface area contributed by atoms with Gasteiger partial charge in [-0.15, -0.1) is 0 Å². The van der Waals surface area contributed by atoms with E-state index in [1.54, 1.807) is 5.10 Å².